The Morgan fingerprint density at radius 3 is 2.17 bits per heavy atom. The van der Waals surface area contributed by atoms with E-state index in [-0.39, 0.29) is 0 Å². The molecule has 0 nitrogen and oxygen atoms in total. The van der Waals surface area contributed by atoms with Crippen molar-refractivity contribution in [3.05, 3.63) is 6.92 Å². The molecule has 37 valence electrons. The third kappa shape index (κ3) is 4.35. The van der Waals surface area contributed by atoms with Gasteiger partial charge in [-0.25, -0.2) is 0 Å². The second kappa shape index (κ2) is 3.54. The zero-order valence-electron chi connectivity index (χ0n) is 4.40. The summed E-state index contributed by atoms with van der Waals surface area (Å²) in [6.07, 6.45) is 0. The molecule has 0 aliphatic carbocycles. The Kier molecular flexibility index (Phi) is 3.74. The molecule has 0 aliphatic heterocycles. The summed E-state index contributed by atoms with van der Waals surface area (Å²) in [7, 11) is 0. The molecule has 0 aromatic carbocycles. The van der Waals surface area contributed by atoms with Gasteiger partial charge in [-0.15, -0.1) is 0 Å². The highest BCUT2D eigenvalue weighted by atomic mass is 32.2. The fraction of sp³-hybridized carbons (Fsp3) is 0.800. The monoisotopic (exact) mass is 103 g/mol. The minimum atomic E-state index is 0.752. The van der Waals surface area contributed by atoms with Crippen molar-refractivity contribution in [3.8, 4) is 0 Å². The molecule has 0 fully saturated rings. The van der Waals surface area contributed by atoms with Gasteiger partial charge in [0.05, 0.1) is 0 Å². The highest BCUT2D eigenvalue weighted by Crippen LogP contribution is 2.05. The van der Waals surface area contributed by atoms with Crippen LogP contribution in [0.2, 0.25) is 0 Å². The Hall–Kier alpha value is 0.350. The van der Waals surface area contributed by atoms with Crippen LogP contribution in [0.4, 0.5) is 0 Å². The summed E-state index contributed by atoms with van der Waals surface area (Å²) in [5.74, 6) is 0.998. The SMILES string of the molecule is [CH2]CSC(C)C. The van der Waals surface area contributed by atoms with E-state index in [1.807, 2.05) is 11.8 Å². The average molecular weight is 103 g/mol. The standard InChI is InChI=1S/C5H11S/c1-4-6-5(2)3/h5H,1,4H2,2-3H3. The molecule has 0 saturated heterocycles. The van der Waals surface area contributed by atoms with Crippen molar-refractivity contribution >= 4 is 11.8 Å². The number of thioether (sulfide) groups is 1. The van der Waals surface area contributed by atoms with Crippen molar-refractivity contribution in [1.82, 2.24) is 0 Å². The van der Waals surface area contributed by atoms with E-state index in [9.17, 15) is 0 Å². The van der Waals surface area contributed by atoms with Crippen LogP contribution in [0.3, 0.4) is 0 Å². The topological polar surface area (TPSA) is 0 Å². The van der Waals surface area contributed by atoms with Gasteiger partial charge in [0.15, 0.2) is 0 Å². The third-order valence-corrected chi connectivity index (χ3v) is 1.35. The van der Waals surface area contributed by atoms with Crippen LogP contribution in [-0.4, -0.2) is 11.0 Å². The van der Waals surface area contributed by atoms with E-state index in [0.717, 1.165) is 11.0 Å². The van der Waals surface area contributed by atoms with Crippen LogP contribution in [0.5, 0.6) is 0 Å². The van der Waals surface area contributed by atoms with E-state index in [0.29, 0.717) is 0 Å². The molecule has 0 aliphatic rings. The number of hydrogen-bond acceptors (Lipinski definition) is 1. The second-order valence-corrected chi connectivity index (χ2v) is 3.10. The molecule has 6 heavy (non-hydrogen) atoms. The minimum absolute atomic E-state index is 0.752. The summed E-state index contributed by atoms with van der Waals surface area (Å²) in [6, 6.07) is 0. The lowest BCUT2D eigenvalue weighted by molar-refractivity contribution is 1.11. The van der Waals surface area contributed by atoms with E-state index >= 15 is 0 Å². The molecule has 0 amide bonds. The van der Waals surface area contributed by atoms with Crippen molar-refractivity contribution < 1.29 is 0 Å². The van der Waals surface area contributed by atoms with Gasteiger partial charge in [0, 0.05) is 0 Å². The molecular weight excluding hydrogens is 92.1 g/mol. The summed E-state index contributed by atoms with van der Waals surface area (Å²) in [4.78, 5) is 0. The normalized spacial score (nSPS) is 10.0. The molecule has 1 radical (unpaired) electrons. The van der Waals surface area contributed by atoms with Crippen LogP contribution in [-0.2, 0) is 0 Å². The number of rotatable bonds is 2. The van der Waals surface area contributed by atoms with E-state index in [2.05, 4.69) is 20.8 Å². The largest absolute Gasteiger partial charge is 0.159 e. The van der Waals surface area contributed by atoms with Crippen LogP contribution >= 0.6 is 11.8 Å². The smallest absolute Gasteiger partial charge is 0.000968 e. The molecule has 0 bridgehead atoms. The molecule has 0 heterocycles. The quantitative estimate of drug-likeness (QED) is 0.515. The van der Waals surface area contributed by atoms with Gasteiger partial charge in [0.25, 0.3) is 0 Å². The maximum absolute atomic E-state index is 3.69. The molecule has 0 saturated carbocycles. The van der Waals surface area contributed by atoms with Crippen LogP contribution in [0.25, 0.3) is 0 Å². The maximum atomic E-state index is 3.69. The van der Waals surface area contributed by atoms with Gasteiger partial charge in [0.2, 0.25) is 0 Å². The van der Waals surface area contributed by atoms with Gasteiger partial charge in [-0.05, 0) is 17.9 Å². The summed E-state index contributed by atoms with van der Waals surface area (Å²) in [5, 5.41) is 0.752. The summed E-state index contributed by atoms with van der Waals surface area (Å²) in [6.45, 7) is 8.04. The third-order valence-electron chi connectivity index (χ3n) is 0.451. The van der Waals surface area contributed by atoms with Crippen molar-refractivity contribution in [3.63, 3.8) is 0 Å². The molecule has 0 aromatic heterocycles. The van der Waals surface area contributed by atoms with E-state index in [4.69, 9.17) is 0 Å². The molecule has 0 rings (SSSR count). The van der Waals surface area contributed by atoms with Gasteiger partial charge in [0.1, 0.15) is 0 Å². The zero-order valence-corrected chi connectivity index (χ0v) is 5.22. The predicted octanol–water partition coefficient (Wildman–Crippen LogP) is 1.96. The summed E-state index contributed by atoms with van der Waals surface area (Å²) < 4.78 is 0. The Bertz CT molecular complexity index is 25.1. The first kappa shape index (κ1) is 6.35. The van der Waals surface area contributed by atoms with Crippen molar-refractivity contribution in [2.75, 3.05) is 5.75 Å². The van der Waals surface area contributed by atoms with Crippen LogP contribution in [0.15, 0.2) is 0 Å². The van der Waals surface area contributed by atoms with Crippen molar-refractivity contribution in [1.29, 1.82) is 0 Å². The number of hydrogen-bond donors (Lipinski definition) is 0. The van der Waals surface area contributed by atoms with Crippen molar-refractivity contribution in [2.45, 2.75) is 19.1 Å². The van der Waals surface area contributed by atoms with Crippen LogP contribution in [0, 0.1) is 6.92 Å². The summed E-state index contributed by atoms with van der Waals surface area (Å²) in [5.41, 5.74) is 0. The highest BCUT2D eigenvalue weighted by molar-refractivity contribution is 7.99. The van der Waals surface area contributed by atoms with Crippen LogP contribution < -0.4 is 0 Å². The first-order valence-electron chi connectivity index (χ1n) is 2.18. The van der Waals surface area contributed by atoms with Gasteiger partial charge in [-0.1, -0.05) is 13.8 Å². The van der Waals surface area contributed by atoms with Gasteiger partial charge >= 0.3 is 0 Å². The molecule has 0 N–H and O–H groups in total. The van der Waals surface area contributed by atoms with Crippen molar-refractivity contribution in [2.24, 2.45) is 0 Å². The van der Waals surface area contributed by atoms with E-state index in [1.165, 1.54) is 0 Å². The molecule has 0 atom stereocenters. The van der Waals surface area contributed by atoms with Gasteiger partial charge in [-0.2, -0.15) is 11.8 Å². The first-order chi connectivity index (χ1) is 2.77. The molecule has 0 aromatic rings. The second-order valence-electron chi connectivity index (χ2n) is 1.42. The zero-order chi connectivity index (χ0) is 4.99. The average Bonchev–Trinajstić information content (AvgIpc) is 1.35. The molecular formula is C5H11S. The maximum Gasteiger partial charge on any atom is -0.000968 e. The Labute approximate surface area is 44.3 Å². The fourth-order valence-corrected chi connectivity index (χ4v) is 0.707. The summed E-state index contributed by atoms with van der Waals surface area (Å²) >= 11 is 1.87. The molecule has 0 spiro atoms. The fourth-order valence-electron chi connectivity index (χ4n) is 0.236. The molecule has 0 unspecified atom stereocenters. The predicted molar refractivity (Wildman–Crippen MR) is 33.0 cm³/mol. The van der Waals surface area contributed by atoms with Crippen LogP contribution in [0.1, 0.15) is 13.8 Å². The lowest BCUT2D eigenvalue weighted by Crippen LogP contribution is -1.84. The Morgan fingerprint density at radius 2 is 2.17 bits per heavy atom. The Morgan fingerprint density at radius 1 is 1.67 bits per heavy atom. The van der Waals surface area contributed by atoms with Gasteiger partial charge in [-0.3, -0.25) is 0 Å². The van der Waals surface area contributed by atoms with Gasteiger partial charge < -0.3 is 0 Å². The molecule has 1 heteroatoms. The lowest BCUT2D eigenvalue weighted by Gasteiger charge is -1.96. The highest BCUT2D eigenvalue weighted by Gasteiger charge is 1.85. The first-order valence-corrected chi connectivity index (χ1v) is 3.23. The minimum Gasteiger partial charge on any atom is -0.159 e. The lowest BCUT2D eigenvalue weighted by atomic mass is 10.6. The van der Waals surface area contributed by atoms with E-state index in [1.54, 1.807) is 0 Å². The Balaban J connectivity index is 2.63. The van der Waals surface area contributed by atoms with E-state index < -0.39 is 0 Å².